The Morgan fingerprint density at radius 3 is 2.71 bits per heavy atom. The zero-order valence-corrected chi connectivity index (χ0v) is 9.79. The van der Waals surface area contributed by atoms with Crippen LogP contribution in [-0.4, -0.2) is 27.1 Å². The Balaban J connectivity index is 2.13. The molecular weight excluding hydrogens is 244 g/mol. The molecule has 1 fully saturated rings. The molecule has 6 nitrogen and oxygen atoms in total. The van der Waals surface area contributed by atoms with Gasteiger partial charge in [-0.2, -0.15) is 0 Å². The summed E-state index contributed by atoms with van der Waals surface area (Å²) in [6, 6.07) is 0. The number of ketones is 1. The molecule has 0 bridgehead atoms. The van der Waals surface area contributed by atoms with Crippen molar-refractivity contribution in [2.75, 3.05) is 5.32 Å². The van der Waals surface area contributed by atoms with Crippen LogP contribution in [0.3, 0.4) is 0 Å². The minimum absolute atomic E-state index is 0.156. The quantitative estimate of drug-likeness (QED) is 0.745. The first kappa shape index (κ1) is 12.0. The normalized spacial score (nSPS) is 19.0. The number of carboxylic acid groups (broad SMARTS) is 1. The Hall–Kier alpha value is -1.47. The van der Waals surface area contributed by atoms with Crippen molar-refractivity contribution in [2.24, 2.45) is 0 Å². The predicted octanol–water partition coefficient (Wildman–Crippen LogP) is 1.56. The average molecular weight is 256 g/mol. The van der Waals surface area contributed by atoms with Crippen molar-refractivity contribution < 1.29 is 19.8 Å². The zero-order chi connectivity index (χ0) is 12.5. The van der Waals surface area contributed by atoms with E-state index in [1.807, 2.05) is 0 Å². The summed E-state index contributed by atoms with van der Waals surface area (Å²) >= 11 is 1.10. The lowest BCUT2D eigenvalue weighted by atomic mass is 9.83. The molecule has 1 aromatic heterocycles. The van der Waals surface area contributed by atoms with Crippen LogP contribution in [0, 0.1) is 0 Å². The Morgan fingerprint density at radius 1 is 1.47 bits per heavy atom. The second-order valence-corrected chi connectivity index (χ2v) is 5.06. The van der Waals surface area contributed by atoms with Crippen molar-refractivity contribution in [3.63, 3.8) is 0 Å². The van der Waals surface area contributed by atoms with Gasteiger partial charge in [-0.15, -0.1) is 0 Å². The van der Waals surface area contributed by atoms with E-state index in [9.17, 15) is 14.7 Å². The summed E-state index contributed by atoms with van der Waals surface area (Å²) in [6.07, 6.45) is 1.75. The van der Waals surface area contributed by atoms with E-state index in [0.717, 1.165) is 11.3 Å². The van der Waals surface area contributed by atoms with Gasteiger partial charge in [0.25, 0.3) is 0 Å². The third-order valence-corrected chi connectivity index (χ3v) is 3.92. The number of rotatable bonds is 2. The molecule has 1 amide bonds. The van der Waals surface area contributed by atoms with Crippen LogP contribution in [0.4, 0.5) is 9.93 Å². The Labute approximate surface area is 101 Å². The number of Topliss-reactive ketones (excluding diaryl/α,β-unsaturated/α-hetero) is 1. The van der Waals surface area contributed by atoms with Crippen molar-refractivity contribution >= 4 is 28.3 Å². The molecule has 1 aromatic rings. The van der Waals surface area contributed by atoms with Crippen molar-refractivity contribution in [1.82, 2.24) is 4.98 Å². The minimum atomic E-state index is -1.18. The summed E-state index contributed by atoms with van der Waals surface area (Å²) in [7, 11) is 0. The van der Waals surface area contributed by atoms with Crippen LogP contribution in [0.5, 0.6) is 0 Å². The number of thiazole rings is 1. The Bertz CT molecular complexity index is 447. The SMILES string of the molecule is O=C1CCC(O)(c2cnc(NC(=O)O)s2)CC1. The predicted molar refractivity (Wildman–Crippen MR) is 61.1 cm³/mol. The van der Waals surface area contributed by atoms with Gasteiger partial charge in [-0.1, -0.05) is 11.3 Å². The molecule has 92 valence electrons. The smallest absolute Gasteiger partial charge is 0.410 e. The van der Waals surface area contributed by atoms with Gasteiger partial charge in [0.15, 0.2) is 5.13 Å². The monoisotopic (exact) mass is 256 g/mol. The second kappa shape index (κ2) is 4.42. The molecule has 1 aliphatic carbocycles. The van der Waals surface area contributed by atoms with Gasteiger partial charge in [0.05, 0.1) is 4.88 Å². The minimum Gasteiger partial charge on any atom is -0.465 e. The number of aliphatic hydroxyl groups is 1. The van der Waals surface area contributed by atoms with Crippen LogP contribution in [0.15, 0.2) is 6.20 Å². The Morgan fingerprint density at radius 2 is 2.12 bits per heavy atom. The van der Waals surface area contributed by atoms with Gasteiger partial charge in [-0.05, 0) is 12.8 Å². The Kier molecular flexibility index (Phi) is 3.12. The van der Waals surface area contributed by atoms with E-state index < -0.39 is 11.7 Å². The third-order valence-electron chi connectivity index (χ3n) is 2.81. The molecule has 2 rings (SSSR count). The van der Waals surface area contributed by atoms with Crippen molar-refractivity contribution in [3.05, 3.63) is 11.1 Å². The molecule has 7 heteroatoms. The van der Waals surface area contributed by atoms with E-state index in [2.05, 4.69) is 10.3 Å². The fraction of sp³-hybridized carbons (Fsp3) is 0.500. The van der Waals surface area contributed by atoms with Crippen LogP contribution in [0.1, 0.15) is 30.6 Å². The highest BCUT2D eigenvalue weighted by Crippen LogP contribution is 2.39. The number of amides is 1. The largest absolute Gasteiger partial charge is 0.465 e. The lowest BCUT2D eigenvalue weighted by Crippen LogP contribution is -2.30. The number of carbonyl (C=O) groups is 2. The van der Waals surface area contributed by atoms with Crippen LogP contribution < -0.4 is 5.32 Å². The lowest BCUT2D eigenvalue weighted by molar-refractivity contribution is -0.125. The molecule has 17 heavy (non-hydrogen) atoms. The fourth-order valence-corrected chi connectivity index (χ4v) is 2.78. The van der Waals surface area contributed by atoms with E-state index in [1.165, 1.54) is 6.20 Å². The van der Waals surface area contributed by atoms with Gasteiger partial charge in [0.2, 0.25) is 0 Å². The molecule has 0 atom stereocenters. The van der Waals surface area contributed by atoms with Crippen LogP contribution in [0.2, 0.25) is 0 Å². The number of aromatic nitrogens is 1. The van der Waals surface area contributed by atoms with Crippen molar-refractivity contribution in [3.8, 4) is 0 Å². The third kappa shape index (κ3) is 2.62. The molecule has 1 heterocycles. The highest BCUT2D eigenvalue weighted by atomic mass is 32.1. The van der Waals surface area contributed by atoms with E-state index in [1.54, 1.807) is 0 Å². The van der Waals surface area contributed by atoms with E-state index >= 15 is 0 Å². The highest BCUT2D eigenvalue weighted by molar-refractivity contribution is 7.15. The number of anilines is 1. The molecule has 0 unspecified atom stereocenters. The standard InChI is InChI=1S/C10H12N2O4S/c13-6-1-3-10(16,4-2-6)7-5-11-8(17-7)12-9(14)15/h5,16H,1-4H2,(H,11,12)(H,14,15). The van der Waals surface area contributed by atoms with Crippen LogP contribution in [0.25, 0.3) is 0 Å². The lowest BCUT2D eigenvalue weighted by Gasteiger charge is -2.29. The van der Waals surface area contributed by atoms with Gasteiger partial charge < -0.3 is 10.2 Å². The summed E-state index contributed by atoms with van der Waals surface area (Å²) in [6.45, 7) is 0. The van der Waals surface area contributed by atoms with Gasteiger partial charge in [-0.3, -0.25) is 10.1 Å². The molecule has 3 N–H and O–H groups in total. The van der Waals surface area contributed by atoms with Crippen LogP contribution >= 0.6 is 11.3 Å². The molecule has 0 aliphatic heterocycles. The first-order chi connectivity index (χ1) is 7.99. The van der Waals surface area contributed by atoms with Gasteiger partial charge in [0, 0.05) is 19.0 Å². The maximum absolute atomic E-state index is 11.1. The van der Waals surface area contributed by atoms with Crippen LogP contribution in [-0.2, 0) is 10.4 Å². The summed E-state index contributed by atoms with van der Waals surface area (Å²) in [5.41, 5.74) is -1.04. The molecule has 0 spiro atoms. The first-order valence-corrected chi connectivity index (χ1v) is 6.01. The fourth-order valence-electron chi connectivity index (χ4n) is 1.83. The molecule has 1 saturated carbocycles. The molecule has 1 aliphatic rings. The van der Waals surface area contributed by atoms with Gasteiger partial charge >= 0.3 is 6.09 Å². The zero-order valence-electron chi connectivity index (χ0n) is 8.97. The molecule has 0 radical (unpaired) electrons. The van der Waals surface area contributed by atoms with E-state index in [4.69, 9.17) is 5.11 Å². The van der Waals surface area contributed by atoms with Gasteiger partial charge in [-0.25, -0.2) is 9.78 Å². The summed E-state index contributed by atoms with van der Waals surface area (Å²) < 4.78 is 0. The second-order valence-electron chi connectivity index (χ2n) is 4.03. The molecule has 0 saturated heterocycles. The number of carbonyl (C=O) groups excluding carboxylic acids is 1. The molecular formula is C10H12N2O4S. The van der Waals surface area contributed by atoms with Crippen molar-refractivity contribution in [1.29, 1.82) is 0 Å². The summed E-state index contributed by atoms with van der Waals surface area (Å²) in [4.78, 5) is 26.0. The number of hydrogen-bond acceptors (Lipinski definition) is 5. The molecule has 0 aromatic carbocycles. The van der Waals surface area contributed by atoms with E-state index in [-0.39, 0.29) is 10.9 Å². The number of nitrogens with one attached hydrogen (secondary N) is 1. The van der Waals surface area contributed by atoms with E-state index in [0.29, 0.717) is 30.6 Å². The van der Waals surface area contributed by atoms with Gasteiger partial charge in [0.1, 0.15) is 11.4 Å². The summed E-state index contributed by atoms with van der Waals surface area (Å²) in [5.74, 6) is 0.156. The summed E-state index contributed by atoms with van der Waals surface area (Å²) in [5, 5.41) is 21.3. The number of hydrogen-bond donors (Lipinski definition) is 3. The van der Waals surface area contributed by atoms with Crippen molar-refractivity contribution in [2.45, 2.75) is 31.3 Å². The maximum atomic E-state index is 11.1. The maximum Gasteiger partial charge on any atom is 0.410 e. The highest BCUT2D eigenvalue weighted by Gasteiger charge is 2.35. The topological polar surface area (TPSA) is 99.5 Å². The average Bonchev–Trinajstić information content (AvgIpc) is 2.71. The number of nitrogens with zero attached hydrogens (tertiary/aromatic N) is 1. The first-order valence-electron chi connectivity index (χ1n) is 5.20.